The van der Waals surface area contributed by atoms with Crippen molar-refractivity contribution >= 4 is 22.5 Å². The van der Waals surface area contributed by atoms with Crippen LogP contribution in [0, 0.1) is 23.4 Å². The fourth-order valence-electron chi connectivity index (χ4n) is 4.23. The number of nitrogens with one attached hydrogen (secondary N) is 2. The van der Waals surface area contributed by atoms with E-state index in [0.717, 1.165) is 23.8 Å². The minimum Gasteiger partial charge on any atom is -0.352 e. The van der Waals surface area contributed by atoms with E-state index in [9.17, 15) is 18.0 Å². The van der Waals surface area contributed by atoms with Gasteiger partial charge in [-0.3, -0.25) is 9.89 Å². The number of amides is 1. The summed E-state index contributed by atoms with van der Waals surface area (Å²) in [6, 6.07) is 9.67. The lowest BCUT2D eigenvalue weighted by Crippen LogP contribution is -2.25. The number of nitrogens with zero attached hydrogens (tertiary/aromatic N) is 2. The van der Waals surface area contributed by atoms with Crippen LogP contribution < -0.4 is 0 Å². The zero-order valence-electron chi connectivity index (χ0n) is 17.0. The summed E-state index contributed by atoms with van der Waals surface area (Å²) in [7, 11) is 0. The van der Waals surface area contributed by atoms with Crippen LogP contribution >= 0.6 is 0 Å². The summed E-state index contributed by atoms with van der Waals surface area (Å²) < 4.78 is 41.7. The summed E-state index contributed by atoms with van der Waals surface area (Å²) in [6.45, 7) is 0. The molecule has 4 aromatic rings. The molecule has 2 N–H and O–H groups in total. The minimum absolute atomic E-state index is 0.238. The number of hydrogen-bond acceptors (Lipinski definition) is 2. The van der Waals surface area contributed by atoms with Gasteiger partial charge in [-0.25, -0.2) is 18.2 Å². The number of H-pyrrole nitrogens is 2. The van der Waals surface area contributed by atoms with Gasteiger partial charge in [-0.2, -0.15) is 5.10 Å². The smallest absolute Gasteiger partial charge is 0.294 e. The Balaban J connectivity index is 1.36. The lowest BCUT2D eigenvalue weighted by Gasteiger charge is -2.27. The van der Waals surface area contributed by atoms with Crippen LogP contribution in [0.1, 0.15) is 35.3 Å². The van der Waals surface area contributed by atoms with Gasteiger partial charge in [0.2, 0.25) is 0 Å². The average molecular weight is 436 g/mol. The molecule has 0 radical (unpaired) electrons. The molecule has 0 saturated heterocycles. The Morgan fingerprint density at radius 1 is 1.06 bits per heavy atom. The highest BCUT2D eigenvalue weighted by Gasteiger charge is 2.27. The molecular formula is C24H19F3N4O. The number of aryl methyl sites for hydroxylation is 1. The second kappa shape index (κ2) is 8.11. The molecular weight excluding hydrogens is 417 g/mol. The molecule has 162 valence electrons. The van der Waals surface area contributed by atoms with Crippen LogP contribution in [0.3, 0.4) is 0 Å². The molecule has 1 aliphatic carbocycles. The van der Waals surface area contributed by atoms with Crippen LogP contribution in [-0.4, -0.2) is 26.8 Å². The number of aromatic nitrogens is 3. The maximum Gasteiger partial charge on any atom is 0.294 e. The van der Waals surface area contributed by atoms with Crippen LogP contribution in [0.25, 0.3) is 22.2 Å². The van der Waals surface area contributed by atoms with E-state index in [0.29, 0.717) is 47.5 Å². The van der Waals surface area contributed by atoms with Crippen LogP contribution in [0.2, 0.25) is 0 Å². The Kier molecular flexibility index (Phi) is 5.13. The maximum absolute atomic E-state index is 14.4. The highest BCUT2D eigenvalue weighted by molar-refractivity contribution is 6.04. The molecule has 0 aliphatic heterocycles. The van der Waals surface area contributed by atoms with E-state index in [4.69, 9.17) is 0 Å². The van der Waals surface area contributed by atoms with Crippen LogP contribution in [0.4, 0.5) is 13.2 Å². The lowest BCUT2D eigenvalue weighted by molar-refractivity contribution is 0.0996. The Labute approximate surface area is 181 Å². The van der Waals surface area contributed by atoms with Gasteiger partial charge in [0.15, 0.2) is 0 Å². The minimum atomic E-state index is -0.662. The second-order valence-electron chi connectivity index (χ2n) is 8.06. The van der Waals surface area contributed by atoms with Gasteiger partial charge in [0.1, 0.15) is 23.1 Å². The first-order valence-corrected chi connectivity index (χ1v) is 10.3. The number of fused-ring (bicyclic) bond motifs is 1. The Hall–Kier alpha value is -3.68. The lowest BCUT2D eigenvalue weighted by atomic mass is 9.79. The average Bonchev–Trinajstić information content (AvgIpc) is 3.39. The van der Waals surface area contributed by atoms with Gasteiger partial charge in [-0.1, -0.05) is 0 Å². The Bertz CT molecular complexity index is 1320. The maximum atomic E-state index is 14.4. The normalized spacial score (nSPS) is 15.7. The number of hydrogen-bond donors (Lipinski definition) is 2. The van der Waals surface area contributed by atoms with Gasteiger partial charge in [0.05, 0.1) is 5.52 Å². The van der Waals surface area contributed by atoms with Gasteiger partial charge < -0.3 is 4.98 Å². The Morgan fingerprint density at radius 2 is 1.84 bits per heavy atom. The summed E-state index contributed by atoms with van der Waals surface area (Å²) in [6.07, 6.45) is 4.27. The molecule has 32 heavy (non-hydrogen) atoms. The van der Waals surface area contributed by atoms with Gasteiger partial charge >= 0.3 is 0 Å². The Morgan fingerprint density at radius 3 is 2.56 bits per heavy atom. The van der Waals surface area contributed by atoms with E-state index >= 15 is 0 Å². The van der Waals surface area contributed by atoms with Gasteiger partial charge in [0.25, 0.3) is 5.91 Å². The molecule has 1 aliphatic rings. The first kappa shape index (κ1) is 20.2. The fraction of sp³-hybridized carbons (Fsp3) is 0.208. The molecule has 2 aromatic carbocycles. The van der Waals surface area contributed by atoms with Crippen molar-refractivity contribution in [2.24, 2.45) is 10.9 Å². The van der Waals surface area contributed by atoms with E-state index in [1.165, 1.54) is 24.4 Å². The van der Waals surface area contributed by atoms with Crippen LogP contribution in [0.15, 0.2) is 53.7 Å². The zero-order chi connectivity index (χ0) is 22.2. The number of aromatic amines is 2. The van der Waals surface area contributed by atoms with E-state index in [1.807, 2.05) is 0 Å². The molecule has 8 heteroatoms. The van der Waals surface area contributed by atoms with Gasteiger partial charge in [0, 0.05) is 29.1 Å². The molecule has 5 rings (SSSR count). The van der Waals surface area contributed by atoms with E-state index in [-0.39, 0.29) is 17.2 Å². The predicted octanol–water partition coefficient (Wildman–Crippen LogP) is 5.60. The number of rotatable bonds is 5. The molecule has 1 fully saturated rings. The first-order valence-electron chi connectivity index (χ1n) is 10.3. The summed E-state index contributed by atoms with van der Waals surface area (Å²) in [4.78, 5) is 19.2. The van der Waals surface area contributed by atoms with E-state index < -0.39 is 11.6 Å². The number of aliphatic imine (C=N–C) groups is 1. The summed E-state index contributed by atoms with van der Waals surface area (Å²) in [5, 5.41) is 6.84. The van der Waals surface area contributed by atoms with Crippen molar-refractivity contribution in [2.45, 2.75) is 25.7 Å². The second-order valence-corrected chi connectivity index (χ2v) is 8.06. The molecule has 0 bridgehead atoms. The van der Waals surface area contributed by atoms with Crippen molar-refractivity contribution in [2.75, 3.05) is 0 Å². The largest absolute Gasteiger partial charge is 0.352 e. The SMILES string of the molecule is O=C(N=C1CC(CCc2c(-c3ccc(F)cc3)[nH]c3c(F)cc(F)cc23)C1)c1ccn[nH]1. The summed E-state index contributed by atoms with van der Waals surface area (Å²) in [5.41, 5.74) is 3.59. The number of carbonyl (C=O) groups excluding carboxylic acids is 1. The predicted molar refractivity (Wildman–Crippen MR) is 115 cm³/mol. The third kappa shape index (κ3) is 3.84. The monoisotopic (exact) mass is 436 g/mol. The highest BCUT2D eigenvalue weighted by Crippen LogP contribution is 2.36. The van der Waals surface area contributed by atoms with Crippen molar-refractivity contribution in [3.63, 3.8) is 0 Å². The van der Waals surface area contributed by atoms with E-state index in [2.05, 4.69) is 20.2 Å². The fourth-order valence-corrected chi connectivity index (χ4v) is 4.23. The van der Waals surface area contributed by atoms with E-state index in [1.54, 1.807) is 18.2 Å². The van der Waals surface area contributed by atoms with Gasteiger partial charge in [-0.15, -0.1) is 0 Å². The molecule has 0 atom stereocenters. The van der Waals surface area contributed by atoms with Crippen LogP contribution in [-0.2, 0) is 6.42 Å². The quantitative estimate of drug-likeness (QED) is 0.427. The molecule has 5 nitrogen and oxygen atoms in total. The highest BCUT2D eigenvalue weighted by atomic mass is 19.1. The third-order valence-electron chi connectivity index (χ3n) is 5.91. The molecule has 1 amide bonds. The third-order valence-corrected chi connectivity index (χ3v) is 5.91. The van der Waals surface area contributed by atoms with Crippen molar-refractivity contribution in [1.82, 2.24) is 15.2 Å². The molecule has 2 heterocycles. The summed E-state index contributed by atoms with van der Waals surface area (Å²) in [5.74, 6) is -1.68. The van der Waals surface area contributed by atoms with Crippen molar-refractivity contribution in [3.05, 3.63) is 77.4 Å². The molecule has 1 saturated carbocycles. The molecule has 0 unspecified atom stereocenters. The topological polar surface area (TPSA) is 73.9 Å². The first-order chi connectivity index (χ1) is 15.5. The standard InChI is InChI=1S/C24H19F3N4O/c25-15-4-2-14(3-5-15)22-18(19-11-16(26)12-20(27)23(19)30-22)6-1-13-9-17(10-13)29-24(32)21-7-8-28-31-21/h2-5,7-8,11-13,30H,1,6,9-10H2,(H,28,31). The molecule has 0 spiro atoms. The number of benzene rings is 2. The van der Waals surface area contributed by atoms with Crippen molar-refractivity contribution in [3.8, 4) is 11.3 Å². The summed E-state index contributed by atoms with van der Waals surface area (Å²) >= 11 is 0. The number of carbonyl (C=O) groups is 1. The number of halogens is 3. The zero-order valence-corrected chi connectivity index (χ0v) is 17.0. The van der Waals surface area contributed by atoms with Gasteiger partial charge in [-0.05, 0) is 79.1 Å². The van der Waals surface area contributed by atoms with Crippen molar-refractivity contribution in [1.29, 1.82) is 0 Å². The molecule has 2 aromatic heterocycles. The van der Waals surface area contributed by atoms with Crippen molar-refractivity contribution < 1.29 is 18.0 Å². The van der Waals surface area contributed by atoms with Crippen LogP contribution in [0.5, 0.6) is 0 Å².